The van der Waals surface area contributed by atoms with Crippen molar-refractivity contribution < 1.29 is 24.3 Å². The Bertz CT molecular complexity index is 562. The van der Waals surface area contributed by atoms with Crippen LogP contribution in [0.25, 0.3) is 0 Å². The molecule has 1 saturated heterocycles. The van der Waals surface area contributed by atoms with E-state index in [0.29, 0.717) is 6.42 Å². The van der Waals surface area contributed by atoms with Gasteiger partial charge in [0.25, 0.3) is 5.91 Å². The molecule has 1 spiro atoms. The number of hydrogen-bond donors (Lipinski definition) is 2. The molecule has 0 aromatic rings. The summed E-state index contributed by atoms with van der Waals surface area (Å²) in [5.41, 5.74) is -0.912. The van der Waals surface area contributed by atoms with Crippen LogP contribution in [0.1, 0.15) is 46.5 Å². The summed E-state index contributed by atoms with van der Waals surface area (Å²) in [6.07, 6.45) is 3.30. The van der Waals surface area contributed by atoms with Crippen LogP contribution in [0.2, 0.25) is 0 Å². The first-order valence-electron chi connectivity index (χ1n) is 8.34. The van der Waals surface area contributed by atoms with Gasteiger partial charge in [-0.05, 0) is 32.6 Å². The summed E-state index contributed by atoms with van der Waals surface area (Å²) >= 11 is 0. The van der Waals surface area contributed by atoms with E-state index in [-0.39, 0.29) is 17.9 Å². The van der Waals surface area contributed by atoms with Crippen molar-refractivity contribution in [1.82, 2.24) is 15.1 Å². The van der Waals surface area contributed by atoms with E-state index in [0.717, 1.165) is 29.1 Å². The molecule has 2 unspecified atom stereocenters. The van der Waals surface area contributed by atoms with Gasteiger partial charge in [0.2, 0.25) is 5.91 Å². The average molecular weight is 339 g/mol. The van der Waals surface area contributed by atoms with Crippen molar-refractivity contribution in [3.63, 3.8) is 0 Å². The van der Waals surface area contributed by atoms with Crippen LogP contribution in [-0.2, 0) is 14.4 Å². The second-order valence-corrected chi connectivity index (χ2v) is 6.95. The Morgan fingerprint density at radius 1 is 1.38 bits per heavy atom. The summed E-state index contributed by atoms with van der Waals surface area (Å²) in [4.78, 5) is 50.5. The van der Waals surface area contributed by atoms with E-state index in [9.17, 15) is 19.2 Å². The normalized spacial score (nSPS) is 26.8. The topological polar surface area (TPSA) is 107 Å². The van der Waals surface area contributed by atoms with Gasteiger partial charge in [-0.2, -0.15) is 0 Å². The zero-order valence-corrected chi connectivity index (χ0v) is 14.4. The predicted molar refractivity (Wildman–Crippen MR) is 85.1 cm³/mol. The minimum Gasteiger partial charge on any atom is -0.480 e. The maximum Gasteiger partial charge on any atom is 0.325 e. The summed E-state index contributed by atoms with van der Waals surface area (Å²) in [5, 5.41) is 11.7. The molecular formula is C16H25N3O5. The second-order valence-electron chi connectivity index (χ2n) is 6.95. The summed E-state index contributed by atoms with van der Waals surface area (Å²) in [6, 6.07) is -0.905. The van der Waals surface area contributed by atoms with Crippen molar-refractivity contribution in [2.24, 2.45) is 5.92 Å². The highest BCUT2D eigenvalue weighted by atomic mass is 16.4. The van der Waals surface area contributed by atoms with Crippen LogP contribution >= 0.6 is 0 Å². The number of aliphatic carboxylic acids is 1. The van der Waals surface area contributed by atoms with Gasteiger partial charge in [0.15, 0.2) is 0 Å². The van der Waals surface area contributed by atoms with Crippen LogP contribution in [0.15, 0.2) is 0 Å². The number of carbonyl (C=O) groups is 4. The number of imide groups is 1. The Labute approximate surface area is 141 Å². The van der Waals surface area contributed by atoms with E-state index in [1.807, 2.05) is 6.92 Å². The molecule has 1 saturated carbocycles. The molecular weight excluding hydrogens is 314 g/mol. The highest BCUT2D eigenvalue weighted by Crippen LogP contribution is 2.38. The summed E-state index contributed by atoms with van der Waals surface area (Å²) in [5.74, 6) is -2.03. The Hall–Kier alpha value is -2.12. The molecule has 8 heteroatoms. The third kappa shape index (κ3) is 3.22. The first-order chi connectivity index (χ1) is 11.2. The zero-order valence-electron chi connectivity index (χ0n) is 14.4. The molecule has 2 aliphatic rings. The first kappa shape index (κ1) is 18.2. The maximum atomic E-state index is 12.8. The van der Waals surface area contributed by atoms with E-state index in [1.165, 1.54) is 0 Å². The molecule has 0 aromatic heterocycles. The quantitative estimate of drug-likeness (QED) is 0.721. The molecule has 2 fully saturated rings. The molecule has 8 nitrogen and oxygen atoms in total. The van der Waals surface area contributed by atoms with Gasteiger partial charge in [0, 0.05) is 6.04 Å². The minimum absolute atomic E-state index is 0.0167. The number of hydrogen-bond acceptors (Lipinski definition) is 4. The van der Waals surface area contributed by atoms with Crippen molar-refractivity contribution >= 4 is 23.8 Å². The van der Waals surface area contributed by atoms with E-state index in [2.05, 4.69) is 5.32 Å². The zero-order chi connectivity index (χ0) is 18.1. The maximum absolute atomic E-state index is 12.8. The molecule has 134 valence electrons. The highest BCUT2D eigenvalue weighted by molar-refractivity contribution is 6.09. The Morgan fingerprint density at radius 2 is 2.04 bits per heavy atom. The van der Waals surface area contributed by atoms with Gasteiger partial charge in [-0.3, -0.25) is 19.3 Å². The van der Waals surface area contributed by atoms with Gasteiger partial charge >= 0.3 is 12.0 Å². The number of rotatable bonds is 5. The SMILES string of the molecule is CC(C)N(CC(=O)O)C(=O)CN1C(=O)NC2(CCCCC2C)C1=O. The van der Waals surface area contributed by atoms with E-state index in [4.69, 9.17) is 5.11 Å². The molecule has 0 bridgehead atoms. The van der Waals surface area contributed by atoms with E-state index in [1.54, 1.807) is 13.8 Å². The first-order valence-corrected chi connectivity index (χ1v) is 8.34. The lowest BCUT2D eigenvalue weighted by Gasteiger charge is -2.37. The summed E-state index contributed by atoms with van der Waals surface area (Å²) in [6.45, 7) is 4.44. The van der Waals surface area contributed by atoms with Crippen LogP contribution in [0.3, 0.4) is 0 Å². The molecule has 2 rings (SSSR count). The van der Waals surface area contributed by atoms with Crippen LogP contribution in [0.4, 0.5) is 4.79 Å². The number of nitrogens with zero attached hydrogens (tertiary/aromatic N) is 2. The molecule has 1 heterocycles. The fraction of sp³-hybridized carbons (Fsp3) is 0.750. The van der Waals surface area contributed by atoms with Crippen LogP contribution in [0.5, 0.6) is 0 Å². The van der Waals surface area contributed by atoms with Gasteiger partial charge in [-0.1, -0.05) is 19.8 Å². The minimum atomic E-state index is -1.13. The van der Waals surface area contributed by atoms with Crippen molar-refractivity contribution in [1.29, 1.82) is 0 Å². The molecule has 0 aromatic carbocycles. The molecule has 4 amide bonds. The molecule has 2 N–H and O–H groups in total. The predicted octanol–water partition coefficient (Wildman–Crippen LogP) is 0.809. The van der Waals surface area contributed by atoms with Crippen molar-refractivity contribution in [2.45, 2.75) is 58.0 Å². The van der Waals surface area contributed by atoms with Gasteiger partial charge in [0.05, 0.1) is 0 Å². The lowest BCUT2D eigenvalue weighted by Crippen LogP contribution is -2.54. The number of urea groups is 1. The third-order valence-corrected chi connectivity index (χ3v) is 5.04. The molecule has 1 aliphatic heterocycles. The van der Waals surface area contributed by atoms with Crippen molar-refractivity contribution in [3.05, 3.63) is 0 Å². The van der Waals surface area contributed by atoms with Crippen LogP contribution < -0.4 is 5.32 Å². The molecule has 2 atom stereocenters. The fourth-order valence-electron chi connectivity index (χ4n) is 3.57. The van der Waals surface area contributed by atoms with Crippen LogP contribution in [0, 0.1) is 5.92 Å². The number of amides is 4. The molecule has 0 radical (unpaired) electrons. The average Bonchev–Trinajstić information content (AvgIpc) is 2.72. The van der Waals surface area contributed by atoms with E-state index >= 15 is 0 Å². The lowest BCUT2D eigenvalue weighted by atomic mass is 9.73. The third-order valence-electron chi connectivity index (χ3n) is 5.04. The lowest BCUT2D eigenvalue weighted by molar-refractivity contribution is -0.147. The number of carboxylic acids is 1. The van der Waals surface area contributed by atoms with Gasteiger partial charge < -0.3 is 15.3 Å². The summed E-state index contributed by atoms with van der Waals surface area (Å²) in [7, 11) is 0. The van der Waals surface area contributed by atoms with E-state index < -0.39 is 36.5 Å². The Morgan fingerprint density at radius 3 is 2.58 bits per heavy atom. The van der Waals surface area contributed by atoms with Gasteiger partial charge in [0.1, 0.15) is 18.6 Å². The Balaban J connectivity index is 2.14. The van der Waals surface area contributed by atoms with Gasteiger partial charge in [-0.15, -0.1) is 0 Å². The fourth-order valence-corrected chi connectivity index (χ4v) is 3.57. The molecule has 24 heavy (non-hydrogen) atoms. The number of carbonyl (C=O) groups excluding carboxylic acids is 3. The largest absolute Gasteiger partial charge is 0.480 e. The molecule has 1 aliphatic carbocycles. The van der Waals surface area contributed by atoms with Crippen LogP contribution in [-0.4, -0.2) is 63.4 Å². The summed E-state index contributed by atoms with van der Waals surface area (Å²) < 4.78 is 0. The number of carboxylic acid groups (broad SMARTS) is 1. The van der Waals surface area contributed by atoms with Gasteiger partial charge in [-0.25, -0.2) is 4.79 Å². The number of nitrogens with one attached hydrogen (secondary N) is 1. The monoisotopic (exact) mass is 339 g/mol. The van der Waals surface area contributed by atoms with Crippen molar-refractivity contribution in [3.8, 4) is 0 Å². The standard InChI is InChI=1S/C16H25N3O5/c1-10(2)18(9-13(21)22)12(20)8-19-14(23)16(17-15(19)24)7-5-4-6-11(16)3/h10-11H,4-9H2,1-3H3,(H,17,24)(H,21,22). The Kier molecular flexibility index (Phi) is 5.15. The smallest absolute Gasteiger partial charge is 0.325 e. The van der Waals surface area contributed by atoms with Crippen molar-refractivity contribution in [2.75, 3.05) is 13.1 Å². The second kappa shape index (κ2) is 6.78. The highest BCUT2D eigenvalue weighted by Gasteiger charge is 2.55.